The van der Waals surface area contributed by atoms with Gasteiger partial charge in [0.1, 0.15) is 0 Å². The fourth-order valence-corrected chi connectivity index (χ4v) is 1.36. The normalized spacial score (nSPS) is 9.82. The van der Waals surface area contributed by atoms with Crippen molar-refractivity contribution >= 4 is 11.8 Å². The Balaban J connectivity index is 3.18. The predicted molar refractivity (Wildman–Crippen MR) is 60.4 cm³/mol. The van der Waals surface area contributed by atoms with Gasteiger partial charge < -0.3 is 14.6 Å². The molecule has 0 atom stereocenters. The van der Waals surface area contributed by atoms with Crippen molar-refractivity contribution in [1.82, 2.24) is 0 Å². The van der Waals surface area contributed by atoms with Gasteiger partial charge in [-0.1, -0.05) is 6.07 Å². The van der Waals surface area contributed by atoms with Crippen LogP contribution < -0.4 is 4.74 Å². The Morgan fingerprint density at radius 3 is 2.53 bits per heavy atom. The molecule has 5 heteroatoms. The van der Waals surface area contributed by atoms with Crippen molar-refractivity contribution in [3.05, 3.63) is 23.3 Å². The molecule has 1 aromatic rings. The molecule has 0 spiro atoms. The number of aryl methyl sites for hydroxylation is 1. The molecule has 17 heavy (non-hydrogen) atoms. The Labute approximate surface area is 99.0 Å². The molecule has 0 saturated carbocycles. The summed E-state index contributed by atoms with van der Waals surface area (Å²) < 4.78 is 9.53. The number of phenols is 1. The fourth-order valence-electron chi connectivity index (χ4n) is 1.36. The van der Waals surface area contributed by atoms with Gasteiger partial charge in [0.25, 0.3) is 5.78 Å². The molecule has 0 radical (unpaired) electrons. The maximum atomic E-state index is 11.7. The molecule has 1 aromatic carbocycles. The highest BCUT2D eigenvalue weighted by atomic mass is 16.5. The number of Topliss-reactive ketones (excluding diaryl/α,β-unsaturated/α-hetero) is 1. The average Bonchev–Trinajstić information content (AvgIpc) is 2.31. The summed E-state index contributed by atoms with van der Waals surface area (Å²) in [7, 11) is 1.32. The minimum Gasteiger partial charge on any atom is -0.504 e. The number of aromatic hydroxyl groups is 1. The number of ketones is 1. The predicted octanol–water partition coefficient (Wildman–Crippen LogP) is 1.46. The van der Waals surface area contributed by atoms with Crippen molar-refractivity contribution in [1.29, 1.82) is 0 Å². The molecule has 0 aromatic heterocycles. The van der Waals surface area contributed by atoms with E-state index in [-0.39, 0.29) is 23.7 Å². The minimum absolute atomic E-state index is 0.00551. The number of benzene rings is 1. The lowest BCUT2D eigenvalue weighted by Gasteiger charge is -2.10. The molecule has 1 rings (SSSR count). The van der Waals surface area contributed by atoms with Crippen LogP contribution in [0.1, 0.15) is 22.8 Å². The van der Waals surface area contributed by atoms with Crippen LogP contribution >= 0.6 is 0 Å². The molecule has 1 N–H and O–H groups in total. The van der Waals surface area contributed by atoms with E-state index in [1.807, 2.05) is 0 Å². The van der Waals surface area contributed by atoms with E-state index in [9.17, 15) is 14.7 Å². The van der Waals surface area contributed by atoms with E-state index in [0.717, 1.165) is 0 Å². The van der Waals surface area contributed by atoms with Crippen LogP contribution in [0, 0.1) is 6.92 Å². The van der Waals surface area contributed by atoms with Gasteiger partial charge in [-0.2, -0.15) is 0 Å². The highest BCUT2D eigenvalue weighted by molar-refractivity contribution is 6.41. The molecular formula is C12H14O5. The van der Waals surface area contributed by atoms with Crippen molar-refractivity contribution in [2.75, 3.05) is 13.7 Å². The summed E-state index contributed by atoms with van der Waals surface area (Å²) in [6, 6.07) is 2.96. The molecule has 0 aliphatic heterocycles. The number of methoxy groups -OCH3 is 1. The Morgan fingerprint density at radius 1 is 1.35 bits per heavy atom. The zero-order chi connectivity index (χ0) is 13.0. The Morgan fingerprint density at radius 2 is 2.00 bits per heavy atom. The monoisotopic (exact) mass is 238 g/mol. The summed E-state index contributed by atoms with van der Waals surface area (Å²) in [5.41, 5.74) is 0.552. The Hall–Kier alpha value is -2.04. The number of hydrogen-bond donors (Lipinski definition) is 1. The molecule has 0 bridgehead atoms. The number of ether oxygens (including phenoxy) is 2. The maximum Gasteiger partial charge on any atom is 0.379 e. The number of carbonyl (C=O) groups is 2. The third-order valence-corrected chi connectivity index (χ3v) is 2.24. The van der Waals surface area contributed by atoms with Crippen LogP contribution in [0.15, 0.2) is 12.1 Å². The van der Waals surface area contributed by atoms with Gasteiger partial charge in [0, 0.05) is 0 Å². The lowest BCUT2D eigenvalue weighted by Crippen LogP contribution is -2.18. The van der Waals surface area contributed by atoms with E-state index in [1.54, 1.807) is 13.8 Å². The molecule has 0 unspecified atom stereocenters. The van der Waals surface area contributed by atoms with E-state index in [1.165, 1.54) is 19.2 Å². The third-order valence-electron chi connectivity index (χ3n) is 2.24. The number of esters is 1. The lowest BCUT2D eigenvalue weighted by molar-refractivity contribution is -0.137. The second-order valence-electron chi connectivity index (χ2n) is 3.36. The maximum absolute atomic E-state index is 11.7. The standard InChI is InChI=1S/C12H14O5/c1-4-17-12(15)10(14)8-6-5-7(2)9(13)11(8)16-3/h5-6,13H,4H2,1-3H3. The molecule has 0 aliphatic rings. The van der Waals surface area contributed by atoms with Gasteiger partial charge in [-0.05, 0) is 25.5 Å². The molecule has 0 saturated heterocycles. The first-order chi connectivity index (χ1) is 8.02. The highest BCUT2D eigenvalue weighted by Gasteiger charge is 2.24. The van der Waals surface area contributed by atoms with Gasteiger partial charge in [-0.25, -0.2) is 4.79 Å². The molecule has 92 valence electrons. The van der Waals surface area contributed by atoms with Crippen molar-refractivity contribution in [3.8, 4) is 11.5 Å². The van der Waals surface area contributed by atoms with Gasteiger partial charge in [0.05, 0.1) is 19.3 Å². The smallest absolute Gasteiger partial charge is 0.379 e. The van der Waals surface area contributed by atoms with Crippen LogP contribution in [0.25, 0.3) is 0 Å². The van der Waals surface area contributed by atoms with Crippen LogP contribution in [0.3, 0.4) is 0 Å². The molecule has 0 aliphatic carbocycles. The Kier molecular flexibility index (Phi) is 4.09. The number of rotatable bonds is 4. The van der Waals surface area contributed by atoms with Gasteiger partial charge in [0.2, 0.25) is 0 Å². The summed E-state index contributed by atoms with van der Waals surface area (Å²) in [6.07, 6.45) is 0. The van der Waals surface area contributed by atoms with Gasteiger partial charge >= 0.3 is 5.97 Å². The molecule has 5 nitrogen and oxygen atoms in total. The summed E-state index contributed by atoms with van der Waals surface area (Å²) in [4.78, 5) is 23.0. The van der Waals surface area contributed by atoms with Crippen LogP contribution in [0.4, 0.5) is 0 Å². The molecule has 0 fully saturated rings. The van der Waals surface area contributed by atoms with Crippen LogP contribution in [-0.4, -0.2) is 30.6 Å². The largest absolute Gasteiger partial charge is 0.504 e. The molecular weight excluding hydrogens is 224 g/mol. The third kappa shape index (κ3) is 2.55. The molecule has 0 amide bonds. The summed E-state index contributed by atoms with van der Waals surface area (Å²) in [6.45, 7) is 3.39. The van der Waals surface area contributed by atoms with Crippen LogP contribution in [-0.2, 0) is 9.53 Å². The number of carbonyl (C=O) groups excluding carboxylic acids is 2. The lowest BCUT2D eigenvalue weighted by atomic mass is 10.1. The van der Waals surface area contributed by atoms with Crippen molar-refractivity contribution in [2.45, 2.75) is 13.8 Å². The van der Waals surface area contributed by atoms with E-state index in [2.05, 4.69) is 4.74 Å². The zero-order valence-corrected chi connectivity index (χ0v) is 9.94. The summed E-state index contributed by atoms with van der Waals surface area (Å²) in [5, 5.41) is 9.71. The first-order valence-electron chi connectivity index (χ1n) is 5.10. The first-order valence-corrected chi connectivity index (χ1v) is 5.10. The van der Waals surface area contributed by atoms with E-state index in [4.69, 9.17) is 4.74 Å². The van der Waals surface area contributed by atoms with E-state index >= 15 is 0 Å². The van der Waals surface area contributed by atoms with Gasteiger partial charge in [0.15, 0.2) is 11.5 Å². The van der Waals surface area contributed by atoms with Crippen molar-refractivity contribution in [2.24, 2.45) is 0 Å². The second-order valence-corrected chi connectivity index (χ2v) is 3.36. The van der Waals surface area contributed by atoms with Crippen LogP contribution in [0.2, 0.25) is 0 Å². The van der Waals surface area contributed by atoms with E-state index in [0.29, 0.717) is 5.56 Å². The number of hydrogen-bond acceptors (Lipinski definition) is 5. The van der Waals surface area contributed by atoms with Crippen LogP contribution in [0.5, 0.6) is 11.5 Å². The van der Waals surface area contributed by atoms with E-state index < -0.39 is 11.8 Å². The van der Waals surface area contributed by atoms with Gasteiger partial charge in [-0.3, -0.25) is 4.79 Å². The van der Waals surface area contributed by atoms with Crippen molar-refractivity contribution < 1.29 is 24.2 Å². The minimum atomic E-state index is -0.964. The Bertz CT molecular complexity index is 450. The SMILES string of the molecule is CCOC(=O)C(=O)c1ccc(C)c(O)c1OC. The van der Waals surface area contributed by atoms with Gasteiger partial charge in [-0.15, -0.1) is 0 Å². The second kappa shape index (κ2) is 5.34. The summed E-state index contributed by atoms with van der Waals surface area (Å²) >= 11 is 0. The fraction of sp³-hybridized carbons (Fsp3) is 0.333. The average molecular weight is 238 g/mol. The van der Waals surface area contributed by atoms with Crippen molar-refractivity contribution in [3.63, 3.8) is 0 Å². The quantitative estimate of drug-likeness (QED) is 0.488. The highest BCUT2D eigenvalue weighted by Crippen LogP contribution is 2.33. The summed E-state index contributed by atoms with van der Waals surface area (Å²) in [5.74, 6) is -1.96. The molecule has 0 heterocycles. The first kappa shape index (κ1) is 13.0. The topological polar surface area (TPSA) is 72.8 Å². The number of phenolic OH excluding ortho intramolecular Hbond substituents is 1. The zero-order valence-electron chi connectivity index (χ0n) is 9.94.